The molecule has 2 aromatic carbocycles. The van der Waals surface area contributed by atoms with Crippen LogP contribution in [0, 0.1) is 0 Å². The Morgan fingerprint density at radius 3 is 2.58 bits per heavy atom. The van der Waals surface area contributed by atoms with Crippen LogP contribution in [0.5, 0.6) is 0 Å². The molecule has 24 heavy (non-hydrogen) atoms. The molecule has 0 atom stereocenters. The van der Waals surface area contributed by atoms with Crippen molar-refractivity contribution in [2.45, 2.75) is 19.4 Å². The van der Waals surface area contributed by atoms with Crippen molar-refractivity contribution in [1.29, 1.82) is 0 Å². The first kappa shape index (κ1) is 18.8. The largest absolute Gasteiger partial charge is 0.356 e. The molecule has 2 rings (SSSR count). The zero-order valence-electron chi connectivity index (χ0n) is 13.8. The molecule has 3 nitrogen and oxygen atoms in total. The highest BCUT2D eigenvalue weighted by molar-refractivity contribution is 6.35. The second-order valence-corrected chi connectivity index (χ2v) is 6.65. The van der Waals surface area contributed by atoms with Crippen molar-refractivity contribution in [2.75, 3.05) is 20.1 Å². The molecule has 0 heterocycles. The van der Waals surface area contributed by atoms with Gasteiger partial charge in [-0.25, -0.2) is 0 Å². The molecule has 1 N–H and O–H groups in total. The Morgan fingerprint density at radius 1 is 1.12 bits per heavy atom. The fourth-order valence-corrected chi connectivity index (χ4v) is 2.92. The fraction of sp³-hybridized carbons (Fsp3) is 0.316. The maximum Gasteiger partial charge on any atom is 0.221 e. The minimum absolute atomic E-state index is 0.0556. The topological polar surface area (TPSA) is 32.3 Å². The van der Waals surface area contributed by atoms with E-state index in [-0.39, 0.29) is 5.91 Å². The third-order valence-electron chi connectivity index (χ3n) is 3.75. The number of amides is 1. The molecule has 0 radical (unpaired) electrons. The van der Waals surface area contributed by atoms with Crippen LogP contribution in [-0.4, -0.2) is 30.9 Å². The molecule has 0 aromatic heterocycles. The molecule has 2 aromatic rings. The number of rotatable bonds is 8. The summed E-state index contributed by atoms with van der Waals surface area (Å²) in [6.07, 6.45) is 1.18. The normalized spacial score (nSPS) is 10.8. The lowest BCUT2D eigenvalue weighted by atomic mass is 10.1. The zero-order chi connectivity index (χ0) is 17.4. The smallest absolute Gasteiger partial charge is 0.221 e. The molecule has 0 bridgehead atoms. The van der Waals surface area contributed by atoms with Gasteiger partial charge >= 0.3 is 0 Å². The fourth-order valence-electron chi connectivity index (χ4n) is 2.42. The quantitative estimate of drug-likeness (QED) is 0.761. The molecular weight excluding hydrogens is 343 g/mol. The van der Waals surface area contributed by atoms with Gasteiger partial charge in [0.25, 0.3) is 0 Å². The van der Waals surface area contributed by atoms with E-state index in [0.29, 0.717) is 29.4 Å². The van der Waals surface area contributed by atoms with Gasteiger partial charge in [-0.15, -0.1) is 0 Å². The highest BCUT2D eigenvalue weighted by atomic mass is 35.5. The number of carbonyl (C=O) groups excluding carboxylic acids is 1. The molecule has 0 unspecified atom stereocenters. The second kappa shape index (κ2) is 9.67. The average molecular weight is 365 g/mol. The highest BCUT2D eigenvalue weighted by Crippen LogP contribution is 2.21. The monoisotopic (exact) mass is 364 g/mol. The van der Waals surface area contributed by atoms with E-state index in [1.54, 1.807) is 6.07 Å². The molecule has 0 fully saturated rings. The molecule has 0 saturated heterocycles. The summed E-state index contributed by atoms with van der Waals surface area (Å²) in [4.78, 5) is 14.1. The van der Waals surface area contributed by atoms with Crippen LogP contribution < -0.4 is 5.32 Å². The van der Waals surface area contributed by atoms with Crippen LogP contribution >= 0.6 is 23.2 Å². The predicted molar refractivity (Wildman–Crippen MR) is 101 cm³/mol. The molecule has 0 spiro atoms. The van der Waals surface area contributed by atoms with E-state index in [1.807, 2.05) is 37.4 Å². The molecule has 0 saturated carbocycles. The van der Waals surface area contributed by atoms with Crippen molar-refractivity contribution in [3.05, 3.63) is 69.7 Å². The molecule has 0 aliphatic rings. The van der Waals surface area contributed by atoms with Crippen LogP contribution in [0.25, 0.3) is 0 Å². The summed E-state index contributed by atoms with van der Waals surface area (Å²) >= 11 is 12.0. The Morgan fingerprint density at radius 2 is 1.88 bits per heavy atom. The van der Waals surface area contributed by atoms with E-state index in [1.165, 1.54) is 5.56 Å². The predicted octanol–water partition coefficient (Wildman–Crippen LogP) is 4.17. The van der Waals surface area contributed by atoms with Crippen LogP contribution in [0.2, 0.25) is 10.0 Å². The molecule has 0 aliphatic carbocycles. The zero-order valence-corrected chi connectivity index (χ0v) is 15.3. The van der Waals surface area contributed by atoms with Gasteiger partial charge in [-0.2, -0.15) is 0 Å². The summed E-state index contributed by atoms with van der Waals surface area (Å²) in [7, 11) is 2.02. The first-order valence-corrected chi connectivity index (χ1v) is 8.73. The van der Waals surface area contributed by atoms with Crippen LogP contribution in [0.1, 0.15) is 17.5 Å². The van der Waals surface area contributed by atoms with Crippen molar-refractivity contribution in [3.63, 3.8) is 0 Å². The number of nitrogens with one attached hydrogen (secondary N) is 1. The minimum Gasteiger partial charge on any atom is -0.356 e. The van der Waals surface area contributed by atoms with Gasteiger partial charge in [0.1, 0.15) is 0 Å². The third-order valence-corrected chi connectivity index (χ3v) is 4.33. The number of hydrogen-bond acceptors (Lipinski definition) is 2. The van der Waals surface area contributed by atoms with Gasteiger partial charge in [0, 0.05) is 36.1 Å². The van der Waals surface area contributed by atoms with Crippen LogP contribution in [0.4, 0.5) is 0 Å². The van der Waals surface area contributed by atoms with Crippen molar-refractivity contribution in [2.24, 2.45) is 0 Å². The Kier molecular flexibility index (Phi) is 7.57. The van der Waals surface area contributed by atoms with Crippen LogP contribution in [-0.2, 0) is 17.8 Å². The summed E-state index contributed by atoms with van der Waals surface area (Å²) in [5, 5.41) is 4.19. The SMILES string of the molecule is CN(CCC(=O)NCCc1ccc(Cl)cc1Cl)Cc1ccccc1. The van der Waals surface area contributed by atoms with E-state index in [0.717, 1.165) is 18.7 Å². The maximum absolute atomic E-state index is 11.9. The van der Waals surface area contributed by atoms with Gasteiger partial charge in [-0.3, -0.25) is 4.79 Å². The lowest BCUT2D eigenvalue weighted by molar-refractivity contribution is -0.121. The number of hydrogen-bond donors (Lipinski definition) is 1. The van der Waals surface area contributed by atoms with Gasteiger partial charge in [0.2, 0.25) is 5.91 Å². The molecule has 1 amide bonds. The van der Waals surface area contributed by atoms with Crippen LogP contribution in [0.15, 0.2) is 48.5 Å². The van der Waals surface area contributed by atoms with Gasteiger partial charge in [-0.05, 0) is 36.7 Å². The number of benzene rings is 2. The van der Waals surface area contributed by atoms with Gasteiger partial charge in [-0.1, -0.05) is 59.6 Å². The maximum atomic E-state index is 11.9. The number of nitrogens with zero attached hydrogens (tertiary/aromatic N) is 1. The third kappa shape index (κ3) is 6.52. The second-order valence-electron chi connectivity index (χ2n) is 5.81. The molecular formula is C19H22Cl2N2O. The highest BCUT2D eigenvalue weighted by Gasteiger charge is 2.06. The first-order chi connectivity index (χ1) is 11.5. The van der Waals surface area contributed by atoms with Gasteiger partial charge in [0.15, 0.2) is 0 Å². The van der Waals surface area contributed by atoms with Crippen LogP contribution in [0.3, 0.4) is 0 Å². The summed E-state index contributed by atoms with van der Waals surface area (Å²) in [5.41, 5.74) is 2.24. The molecule has 0 aliphatic heterocycles. The van der Waals surface area contributed by atoms with Crippen molar-refractivity contribution in [3.8, 4) is 0 Å². The van der Waals surface area contributed by atoms with Gasteiger partial charge < -0.3 is 10.2 Å². The standard InChI is InChI=1S/C19H22Cl2N2O/c1-23(14-15-5-3-2-4-6-15)12-10-19(24)22-11-9-16-7-8-17(20)13-18(16)21/h2-8,13H,9-12,14H2,1H3,(H,22,24). The van der Waals surface area contributed by atoms with E-state index in [9.17, 15) is 4.79 Å². The summed E-state index contributed by atoms with van der Waals surface area (Å²) in [5.74, 6) is 0.0556. The molecule has 128 valence electrons. The molecule has 5 heteroatoms. The van der Waals surface area contributed by atoms with E-state index >= 15 is 0 Å². The van der Waals surface area contributed by atoms with Crippen molar-refractivity contribution in [1.82, 2.24) is 10.2 Å². The Balaban J connectivity index is 1.66. The summed E-state index contributed by atoms with van der Waals surface area (Å²) < 4.78 is 0. The van der Waals surface area contributed by atoms with Crippen molar-refractivity contribution < 1.29 is 4.79 Å². The average Bonchev–Trinajstić information content (AvgIpc) is 2.56. The Labute approximate surface area is 153 Å². The number of carbonyl (C=O) groups is 1. The lowest BCUT2D eigenvalue weighted by Crippen LogP contribution is -2.30. The van der Waals surface area contributed by atoms with E-state index in [4.69, 9.17) is 23.2 Å². The summed E-state index contributed by atoms with van der Waals surface area (Å²) in [6.45, 7) is 2.14. The lowest BCUT2D eigenvalue weighted by Gasteiger charge is -2.16. The van der Waals surface area contributed by atoms with E-state index in [2.05, 4.69) is 22.3 Å². The van der Waals surface area contributed by atoms with Crippen molar-refractivity contribution >= 4 is 29.1 Å². The summed E-state index contributed by atoms with van der Waals surface area (Å²) in [6, 6.07) is 15.7. The minimum atomic E-state index is 0.0556. The Hall–Kier alpha value is -1.55. The Bertz CT molecular complexity index is 662. The number of halogens is 2. The van der Waals surface area contributed by atoms with E-state index < -0.39 is 0 Å². The first-order valence-electron chi connectivity index (χ1n) is 7.97. The van der Waals surface area contributed by atoms with Gasteiger partial charge in [0.05, 0.1) is 0 Å².